The first kappa shape index (κ1) is 9.34. The van der Waals surface area contributed by atoms with Gasteiger partial charge in [0.25, 0.3) is 0 Å². The quantitative estimate of drug-likeness (QED) is 0.800. The zero-order valence-corrected chi connectivity index (χ0v) is 8.32. The van der Waals surface area contributed by atoms with Crippen molar-refractivity contribution in [3.8, 4) is 11.5 Å². The van der Waals surface area contributed by atoms with Crippen LogP contribution in [0, 0.1) is 0 Å². The van der Waals surface area contributed by atoms with E-state index in [4.69, 9.17) is 15.2 Å². The summed E-state index contributed by atoms with van der Waals surface area (Å²) in [5.41, 5.74) is 7.10. The van der Waals surface area contributed by atoms with Crippen molar-refractivity contribution in [1.29, 1.82) is 0 Å². The molecule has 1 atom stereocenters. The van der Waals surface area contributed by atoms with Gasteiger partial charge >= 0.3 is 0 Å². The fourth-order valence-corrected chi connectivity index (χ4v) is 1.71. The van der Waals surface area contributed by atoms with Crippen LogP contribution in [0.2, 0.25) is 0 Å². The van der Waals surface area contributed by atoms with Gasteiger partial charge in [-0.25, -0.2) is 0 Å². The number of hydrogen-bond acceptors (Lipinski definition) is 3. The molecule has 0 amide bonds. The predicted octanol–water partition coefficient (Wildman–Crippen LogP) is 2.22. The molecule has 0 radical (unpaired) electrons. The van der Waals surface area contributed by atoms with E-state index in [1.54, 1.807) is 0 Å². The molecule has 0 bridgehead atoms. The molecular formula is C11H15NO2. The Balaban J connectivity index is 2.29. The Kier molecular flexibility index (Phi) is 2.59. The summed E-state index contributed by atoms with van der Waals surface area (Å²) in [5.74, 6) is 1.64. The van der Waals surface area contributed by atoms with Crippen LogP contribution in [0.4, 0.5) is 0 Å². The summed E-state index contributed by atoms with van der Waals surface area (Å²) >= 11 is 0. The third-order valence-corrected chi connectivity index (χ3v) is 2.43. The highest BCUT2D eigenvalue weighted by Crippen LogP contribution is 2.38. The van der Waals surface area contributed by atoms with E-state index in [1.165, 1.54) is 0 Å². The minimum atomic E-state index is 0.0525. The number of nitrogens with two attached hydrogens (primary N) is 1. The highest BCUT2D eigenvalue weighted by atomic mass is 16.7. The van der Waals surface area contributed by atoms with Gasteiger partial charge in [0.05, 0.1) is 0 Å². The lowest BCUT2D eigenvalue weighted by molar-refractivity contribution is 0.173. The normalized spacial score (nSPS) is 15.6. The number of fused-ring (bicyclic) bond motifs is 1. The van der Waals surface area contributed by atoms with Crippen LogP contribution in [0.25, 0.3) is 0 Å². The Bertz CT molecular complexity index is 325. The van der Waals surface area contributed by atoms with E-state index in [-0.39, 0.29) is 6.04 Å². The summed E-state index contributed by atoms with van der Waals surface area (Å²) in [6.07, 6.45) is 2.05. The van der Waals surface area contributed by atoms with Crippen LogP contribution < -0.4 is 15.2 Å². The first-order chi connectivity index (χ1) is 6.83. The van der Waals surface area contributed by atoms with E-state index in [2.05, 4.69) is 6.92 Å². The summed E-state index contributed by atoms with van der Waals surface area (Å²) in [4.78, 5) is 0. The van der Waals surface area contributed by atoms with Crippen molar-refractivity contribution >= 4 is 0 Å². The van der Waals surface area contributed by atoms with Crippen LogP contribution in [-0.2, 0) is 0 Å². The van der Waals surface area contributed by atoms with Gasteiger partial charge in [-0.2, -0.15) is 0 Å². The molecule has 14 heavy (non-hydrogen) atoms. The van der Waals surface area contributed by atoms with Crippen LogP contribution in [-0.4, -0.2) is 6.79 Å². The molecule has 76 valence electrons. The smallest absolute Gasteiger partial charge is 0.231 e. The van der Waals surface area contributed by atoms with Crippen LogP contribution in [0.1, 0.15) is 31.4 Å². The maximum atomic E-state index is 6.04. The van der Waals surface area contributed by atoms with Gasteiger partial charge in [0.1, 0.15) is 0 Å². The summed E-state index contributed by atoms with van der Waals surface area (Å²) in [6, 6.07) is 5.92. The molecule has 0 unspecified atom stereocenters. The Morgan fingerprint density at radius 3 is 3.07 bits per heavy atom. The Morgan fingerprint density at radius 1 is 1.43 bits per heavy atom. The minimum absolute atomic E-state index is 0.0525. The van der Waals surface area contributed by atoms with Crippen molar-refractivity contribution in [2.75, 3.05) is 6.79 Å². The van der Waals surface area contributed by atoms with E-state index >= 15 is 0 Å². The van der Waals surface area contributed by atoms with Crippen molar-refractivity contribution in [3.05, 3.63) is 23.8 Å². The first-order valence-electron chi connectivity index (χ1n) is 4.97. The maximum Gasteiger partial charge on any atom is 0.231 e. The molecular weight excluding hydrogens is 178 g/mol. The van der Waals surface area contributed by atoms with Crippen molar-refractivity contribution in [3.63, 3.8) is 0 Å². The highest BCUT2D eigenvalue weighted by Gasteiger charge is 2.20. The molecule has 0 aromatic heterocycles. The molecule has 0 aliphatic carbocycles. The summed E-state index contributed by atoms with van der Waals surface area (Å²) in [5, 5.41) is 0. The molecule has 1 aromatic rings. The average molecular weight is 193 g/mol. The van der Waals surface area contributed by atoms with E-state index in [0.29, 0.717) is 6.79 Å². The SMILES string of the molecule is CCC[C@@H](N)c1cccc2c1OCO2. The molecule has 0 fully saturated rings. The molecule has 3 nitrogen and oxygen atoms in total. The predicted molar refractivity (Wildman–Crippen MR) is 54.4 cm³/mol. The second kappa shape index (κ2) is 3.88. The van der Waals surface area contributed by atoms with Gasteiger partial charge in [-0.15, -0.1) is 0 Å². The van der Waals surface area contributed by atoms with E-state index < -0.39 is 0 Å². The summed E-state index contributed by atoms with van der Waals surface area (Å²) < 4.78 is 10.7. The van der Waals surface area contributed by atoms with Crippen LogP contribution in [0.15, 0.2) is 18.2 Å². The number of para-hydroxylation sites is 1. The molecule has 0 saturated heterocycles. The Morgan fingerprint density at radius 2 is 2.29 bits per heavy atom. The molecule has 1 aromatic carbocycles. The average Bonchev–Trinajstić information content (AvgIpc) is 2.65. The second-order valence-corrected chi connectivity index (χ2v) is 3.48. The van der Waals surface area contributed by atoms with Gasteiger partial charge in [-0.05, 0) is 12.5 Å². The topological polar surface area (TPSA) is 44.5 Å². The van der Waals surface area contributed by atoms with Crippen molar-refractivity contribution < 1.29 is 9.47 Å². The largest absolute Gasteiger partial charge is 0.454 e. The summed E-state index contributed by atoms with van der Waals surface area (Å²) in [7, 11) is 0. The van der Waals surface area contributed by atoms with E-state index in [0.717, 1.165) is 29.9 Å². The zero-order chi connectivity index (χ0) is 9.97. The van der Waals surface area contributed by atoms with Crippen LogP contribution in [0.5, 0.6) is 11.5 Å². The van der Waals surface area contributed by atoms with Gasteiger partial charge < -0.3 is 15.2 Å². The lowest BCUT2D eigenvalue weighted by atomic mass is 10.0. The fourth-order valence-electron chi connectivity index (χ4n) is 1.71. The monoisotopic (exact) mass is 193 g/mol. The van der Waals surface area contributed by atoms with Gasteiger partial charge in [-0.3, -0.25) is 0 Å². The Labute approximate surface area is 83.8 Å². The van der Waals surface area contributed by atoms with Gasteiger partial charge in [-0.1, -0.05) is 25.5 Å². The zero-order valence-electron chi connectivity index (χ0n) is 8.32. The molecule has 1 aliphatic heterocycles. The molecule has 0 saturated carbocycles. The number of rotatable bonds is 3. The molecule has 1 aliphatic rings. The number of benzene rings is 1. The minimum Gasteiger partial charge on any atom is -0.454 e. The lowest BCUT2D eigenvalue weighted by Gasteiger charge is -2.12. The highest BCUT2D eigenvalue weighted by molar-refractivity contribution is 5.49. The van der Waals surface area contributed by atoms with E-state index in [9.17, 15) is 0 Å². The fraction of sp³-hybridized carbons (Fsp3) is 0.455. The number of ether oxygens (including phenoxy) is 2. The molecule has 0 spiro atoms. The van der Waals surface area contributed by atoms with Crippen molar-refractivity contribution in [2.45, 2.75) is 25.8 Å². The third kappa shape index (κ3) is 1.55. The van der Waals surface area contributed by atoms with Gasteiger partial charge in [0, 0.05) is 11.6 Å². The first-order valence-corrected chi connectivity index (χ1v) is 4.97. The van der Waals surface area contributed by atoms with Crippen molar-refractivity contribution in [2.24, 2.45) is 5.73 Å². The Hall–Kier alpha value is -1.22. The van der Waals surface area contributed by atoms with Gasteiger partial charge in [0.15, 0.2) is 11.5 Å². The van der Waals surface area contributed by atoms with Crippen molar-refractivity contribution in [1.82, 2.24) is 0 Å². The van der Waals surface area contributed by atoms with Crippen LogP contribution >= 0.6 is 0 Å². The lowest BCUT2D eigenvalue weighted by Crippen LogP contribution is -2.10. The maximum absolute atomic E-state index is 6.04. The molecule has 3 heteroatoms. The number of hydrogen-bond donors (Lipinski definition) is 1. The molecule has 1 heterocycles. The third-order valence-electron chi connectivity index (χ3n) is 2.43. The standard InChI is InChI=1S/C11H15NO2/c1-2-4-9(12)8-5-3-6-10-11(8)14-7-13-10/h3,5-6,9H,2,4,7,12H2,1H3/t9-/m1/s1. The van der Waals surface area contributed by atoms with Gasteiger partial charge in [0.2, 0.25) is 6.79 Å². The second-order valence-electron chi connectivity index (χ2n) is 3.48. The molecule has 2 N–H and O–H groups in total. The van der Waals surface area contributed by atoms with E-state index in [1.807, 2.05) is 18.2 Å². The molecule has 2 rings (SSSR count). The summed E-state index contributed by atoms with van der Waals surface area (Å²) in [6.45, 7) is 2.44. The van der Waals surface area contributed by atoms with Crippen LogP contribution in [0.3, 0.4) is 0 Å².